The summed E-state index contributed by atoms with van der Waals surface area (Å²) in [6.45, 7) is 16.9. The predicted octanol–water partition coefficient (Wildman–Crippen LogP) is 6.34. The number of aryl methyl sites for hydroxylation is 1. The highest BCUT2D eigenvalue weighted by Crippen LogP contribution is 2.50. The second kappa shape index (κ2) is 9.90. The molecule has 3 heteroatoms. The largest absolute Gasteiger partial charge is 0.508 e. The van der Waals surface area contributed by atoms with Crippen LogP contribution in [0.3, 0.4) is 0 Å². The summed E-state index contributed by atoms with van der Waals surface area (Å²) in [5.41, 5.74) is 3.89. The molecule has 0 amide bonds. The molecule has 0 radical (unpaired) electrons. The molecule has 0 spiro atoms. The SMILES string of the molecule is CCC(CC)(Pc1c(C)cccc1CN(C(C)C)C(C)C)c1ccccc1O. The average Bonchev–Trinajstić information content (AvgIpc) is 2.66. The Labute approximate surface area is 174 Å². The fourth-order valence-electron chi connectivity index (χ4n) is 4.19. The van der Waals surface area contributed by atoms with Gasteiger partial charge in [-0.3, -0.25) is 4.90 Å². The van der Waals surface area contributed by atoms with Gasteiger partial charge in [0.25, 0.3) is 0 Å². The lowest BCUT2D eigenvalue weighted by molar-refractivity contribution is 0.166. The highest BCUT2D eigenvalue weighted by atomic mass is 31.1. The first-order chi connectivity index (χ1) is 13.3. The number of benzene rings is 2. The smallest absolute Gasteiger partial charge is 0.119 e. The van der Waals surface area contributed by atoms with E-state index in [1.807, 2.05) is 12.1 Å². The first-order valence-electron chi connectivity index (χ1n) is 10.7. The highest BCUT2D eigenvalue weighted by molar-refractivity contribution is 7.48. The third-order valence-electron chi connectivity index (χ3n) is 6.03. The normalized spacial score (nSPS) is 12.8. The van der Waals surface area contributed by atoms with Gasteiger partial charge in [0, 0.05) is 29.3 Å². The predicted molar refractivity (Wildman–Crippen MR) is 125 cm³/mol. The molecule has 0 fully saturated rings. The summed E-state index contributed by atoms with van der Waals surface area (Å²) in [7, 11) is 0.637. The van der Waals surface area contributed by atoms with E-state index in [0.717, 1.165) is 24.9 Å². The second-order valence-corrected chi connectivity index (χ2v) is 10.1. The second-order valence-electron chi connectivity index (χ2n) is 8.40. The monoisotopic (exact) mass is 399 g/mol. The molecular formula is C25H38NOP. The Kier molecular flexibility index (Phi) is 8.10. The lowest BCUT2D eigenvalue weighted by Crippen LogP contribution is -2.37. The summed E-state index contributed by atoms with van der Waals surface area (Å²) in [5.74, 6) is 0.430. The van der Waals surface area contributed by atoms with Crippen LogP contribution in [0.5, 0.6) is 5.75 Å². The lowest BCUT2D eigenvalue weighted by Gasteiger charge is -2.36. The number of para-hydroxylation sites is 1. The van der Waals surface area contributed by atoms with E-state index in [9.17, 15) is 5.11 Å². The van der Waals surface area contributed by atoms with Crippen molar-refractivity contribution in [2.75, 3.05) is 0 Å². The van der Waals surface area contributed by atoms with Crippen LogP contribution < -0.4 is 5.30 Å². The van der Waals surface area contributed by atoms with Crippen molar-refractivity contribution in [3.63, 3.8) is 0 Å². The van der Waals surface area contributed by atoms with E-state index in [4.69, 9.17) is 0 Å². The Hall–Kier alpha value is -1.37. The van der Waals surface area contributed by atoms with E-state index in [2.05, 4.69) is 83.7 Å². The van der Waals surface area contributed by atoms with Crippen LogP contribution in [0.2, 0.25) is 0 Å². The van der Waals surface area contributed by atoms with Gasteiger partial charge in [-0.05, 0) is 70.0 Å². The molecule has 0 heterocycles. The van der Waals surface area contributed by atoms with E-state index in [1.165, 1.54) is 16.4 Å². The standard InChI is InChI=1S/C25H38NOP/c1-8-25(9-2,22-15-10-11-16-23(22)27)28-24-20(7)13-12-14-21(24)17-26(18(3)4)19(5)6/h10-16,18-19,27-28H,8-9,17H2,1-7H3. The van der Waals surface area contributed by atoms with E-state index in [1.54, 1.807) is 0 Å². The minimum absolute atomic E-state index is 0.0211. The molecule has 0 aliphatic rings. The molecule has 2 aromatic rings. The van der Waals surface area contributed by atoms with Crippen LogP contribution in [0.4, 0.5) is 0 Å². The topological polar surface area (TPSA) is 23.5 Å². The van der Waals surface area contributed by atoms with Crippen molar-refractivity contribution in [3.05, 3.63) is 59.2 Å². The van der Waals surface area contributed by atoms with Crippen LogP contribution in [0.25, 0.3) is 0 Å². The number of aromatic hydroxyl groups is 1. The zero-order chi connectivity index (χ0) is 20.9. The minimum atomic E-state index is -0.0211. The Morgan fingerprint density at radius 1 is 0.929 bits per heavy atom. The van der Waals surface area contributed by atoms with Gasteiger partial charge < -0.3 is 5.11 Å². The fraction of sp³-hybridized carbons (Fsp3) is 0.520. The van der Waals surface area contributed by atoms with E-state index >= 15 is 0 Å². The van der Waals surface area contributed by atoms with Gasteiger partial charge >= 0.3 is 0 Å². The van der Waals surface area contributed by atoms with Crippen LogP contribution in [0, 0.1) is 6.92 Å². The van der Waals surface area contributed by atoms with Gasteiger partial charge in [-0.2, -0.15) is 0 Å². The van der Waals surface area contributed by atoms with Gasteiger partial charge in [-0.15, -0.1) is 0 Å². The molecule has 0 saturated heterocycles. The van der Waals surface area contributed by atoms with Crippen molar-refractivity contribution < 1.29 is 5.11 Å². The number of hydrogen-bond acceptors (Lipinski definition) is 2. The van der Waals surface area contributed by atoms with Gasteiger partial charge in [0.2, 0.25) is 0 Å². The number of phenols is 1. The molecule has 1 unspecified atom stereocenters. The highest BCUT2D eigenvalue weighted by Gasteiger charge is 2.32. The summed E-state index contributed by atoms with van der Waals surface area (Å²) in [6.07, 6.45) is 2.04. The average molecular weight is 400 g/mol. The summed E-state index contributed by atoms with van der Waals surface area (Å²) in [5, 5.41) is 12.1. The zero-order valence-electron chi connectivity index (χ0n) is 18.7. The number of phenolic OH excluding ortho intramolecular Hbond substituents is 1. The number of nitrogens with zero attached hydrogens (tertiary/aromatic N) is 1. The van der Waals surface area contributed by atoms with Gasteiger partial charge in [-0.25, -0.2) is 0 Å². The maximum atomic E-state index is 10.6. The Morgan fingerprint density at radius 3 is 2.07 bits per heavy atom. The first kappa shape index (κ1) is 22.9. The maximum Gasteiger partial charge on any atom is 0.119 e. The van der Waals surface area contributed by atoms with E-state index < -0.39 is 0 Å². The molecule has 0 aromatic heterocycles. The first-order valence-corrected chi connectivity index (χ1v) is 11.7. The summed E-state index contributed by atoms with van der Waals surface area (Å²) >= 11 is 0. The molecule has 2 rings (SSSR count). The molecule has 28 heavy (non-hydrogen) atoms. The quantitative estimate of drug-likeness (QED) is 0.497. The molecule has 154 valence electrons. The molecule has 0 aliphatic carbocycles. The Balaban J connectivity index is 2.50. The minimum Gasteiger partial charge on any atom is -0.508 e. The molecular weight excluding hydrogens is 361 g/mol. The van der Waals surface area contributed by atoms with Crippen LogP contribution >= 0.6 is 8.58 Å². The Bertz CT molecular complexity index is 757. The molecule has 1 N–H and O–H groups in total. The van der Waals surface area contributed by atoms with Crippen LogP contribution in [0.15, 0.2) is 42.5 Å². The van der Waals surface area contributed by atoms with Gasteiger partial charge in [0.1, 0.15) is 5.75 Å². The van der Waals surface area contributed by atoms with E-state index in [0.29, 0.717) is 26.4 Å². The van der Waals surface area contributed by atoms with Gasteiger partial charge in [0.05, 0.1) is 0 Å². The zero-order valence-corrected chi connectivity index (χ0v) is 19.7. The van der Waals surface area contributed by atoms with Crippen molar-refractivity contribution in [2.45, 2.75) is 85.1 Å². The molecule has 2 aromatic carbocycles. The summed E-state index contributed by atoms with van der Waals surface area (Å²) in [4.78, 5) is 2.56. The summed E-state index contributed by atoms with van der Waals surface area (Å²) < 4.78 is 0. The van der Waals surface area contributed by atoms with E-state index in [-0.39, 0.29) is 5.16 Å². The number of hydrogen-bond donors (Lipinski definition) is 1. The van der Waals surface area contributed by atoms with Crippen LogP contribution in [0.1, 0.15) is 71.1 Å². The Morgan fingerprint density at radius 2 is 1.54 bits per heavy atom. The van der Waals surface area contributed by atoms with Crippen LogP contribution in [-0.4, -0.2) is 22.1 Å². The third kappa shape index (κ3) is 4.97. The third-order valence-corrected chi connectivity index (χ3v) is 8.45. The van der Waals surface area contributed by atoms with Crippen molar-refractivity contribution in [3.8, 4) is 5.75 Å². The molecule has 2 nitrogen and oxygen atoms in total. The molecule has 0 aliphatic heterocycles. The molecule has 0 bridgehead atoms. The van der Waals surface area contributed by atoms with Crippen molar-refractivity contribution >= 4 is 13.9 Å². The lowest BCUT2D eigenvalue weighted by atomic mass is 9.92. The molecule has 0 saturated carbocycles. The van der Waals surface area contributed by atoms with Crippen molar-refractivity contribution in [1.82, 2.24) is 4.90 Å². The van der Waals surface area contributed by atoms with Gasteiger partial charge in [0.15, 0.2) is 0 Å². The number of rotatable bonds is 9. The van der Waals surface area contributed by atoms with Crippen molar-refractivity contribution in [1.29, 1.82) is 0 Å². The van der Waals surface area contributed by atoms with Crippen molar-refractivity contribution in [2.24, 2.45) is 0 Å². The summed E-state index contributed by atoms with van der Waals surface area (Å²) in [6, 6.07) is 15.7. The fourth-order valence-corrected chi connectivity index (χ4v) is 5.97. The van der Waals surface area contributed by atoms with Gasteiger partial charge in [-0.1, -0.05) is 58.8 Å². The molecule has 1 atom stereocenters. The maximum absolute atomic E-state index is 10.6. The van der Waals surface area contributed by atoms with Crippen LogP contribution in [-0.2, 0) is 11.7 Å².